The van der Waals surface area contributed by atoms with Crippen molar-refractivity contribution in [1.29, 1.82) is 0 Å². The second-order valence-electron chi connectivity index (χ2n) is 4.76. The minimum atomic E-state index is 0.591. The Morgan fingerprint density at radius 2 is 1.82 bits per heavy atom. The third-order valence-corrected chi connectivity index (χ3v) is 4.17. The molecule has 0 amide bonds. The first-order valence-corrected chi connectivity index (χ1v) is 7.63. The number of hydrogen-bond acceptors (Lipinski definition) is 2. The van der Waals surface area contributed by atoms with Crippen LogP contribution in [0.3, 0.4) is 0 Å². The van der Waals surface area contributed by atoms with E-state index in [1.165, 1.54) is 34.6 Å². The van der Waals surface area contributed by atoms with Crippen LogP contribution >= 0.6 is 11.8 Å². The summed E-state index contributed by atoms with van der Waals surface area (Å²) in [6.07, 6.45) is 2.40. The van der Waals surface area contributed by atoms with Crippen LogP contribution in [-0.4, -0.2) is 24.6 Å². The van der Waals surface area contributed by atoms with E-state index in [4.69, 9.17) is 0 Å². The minimum Gasteiger partial charge on any atom is -0.316 e. The largest absolute Gasteiger partial charge is 0.316 e. The van der Waals surface area contributed by atoms with Crippen LogP contribution in [0.15, 0.2) is 18.2 Å². The van der Waals surface area contributed by atoms with Gasteiger partial charge in [-0.05, 0) is 45.1 Å². The number of aryl methyl sites for hydroxylation is 2. The van der Waals surface area contributed by atoms with Crippen LogP contribution in [0.5, 0.6) is 0 Å². The molecule has 0 bridgehead atoms. The Morgan fingerprint density at radius 3 is 2.35 bits per heavy atom. The molecule has 1 atom stereocenters. The maximum Gasteiger partial charge on any atom is 0.0195 e. The number of hydrogen-bond donors (Lipinski definition) is 1. The molecule has 0 aliphatic heterocycles. The highest BCUT2D eigenvalue weighted by Crippen LogP contribution is 2.13. The van der Waals surface area contributed by atoms with Gasteiger partial charge >= 0.3 is 0 Å². The number of benzene rings is 1. The fourth-order valence-electron chi connectivity index (χ4n) is 2.09. The third-order valence-electron chi connectivity index (χ3n) is 2.84. The number of likely N-dealkylation sites (N-methyl/N-ethyl adjacent to an activating group) is 1. The molecule has 0 saturated heterocycles. The van der Waals surface area contributed by atoms with Gasteiger partial charge in [0.25, 0.3) is 0 Å². The topological polar surface area (TPSA) is 12.0 Å². The van der Waals surface area contributed by atoms with Gasteiger partial charge in [-0.2, -0.15) is 11.8 Å². The van der Waals surface area contributed by atoms with Crippen LogP contribution in [0.2, 0.25) is 0 Å². The quantitative estimate of drug-likeness (QED) is 0.743. The summed E-state index contributed by atoms with van der Waals surface area (Å²) in [7, 11) is 2.07. The van der Waals surface area contributed by atoms with E-state index in [-0.39, 0.29) is 0 Å². The van der Waals surface area contributed by atoms with Crippen molar-refractivity contribution >= 4 is 11.8 Å². The number of nitrogens with one attached hydrogen (secondary N) is 1. The second kappa shape index (κ2) is 7.78. The van der Waals surface area contributed by atoms with Gasteiger partial charge in [-0.1, -0.05) is 36.2 Å². The Bertz CT molecular complexity index is 315. The summed E-state index contributed by atoms with van der Waals surface area (Å²) in [5.41, 5.74) is 4.20. The van der Waals surface area contributed by atoms with Crippen LogP contribution in [0, 0.1) is 13.8 Å². The van der Waals surface area contributed by atoms with Gasteiger partial charge in [-0.15, -0.1) is 0 Å². The van der Waals surface area contributed by atoms with Gasteiger partial charge in [0, 0.05) is 11.8 Å². The van der Waals surface area contributed by atoms with Gasteiger partial charge in [0.1, 0.15) is 0 Å². The van der Waals surface area contributed by atoms with E-state index >= 15 is 0 Å². The van der Waals surface area contributed by atoms with Crippen molar-refractivity contribution in [2.75, 3.05) is 18.6 Å². The molecule has 0 aliphatic carbocycles. The summed E-state index contributed by atoms with van der Waals surface area (Å²) in [6.45, 7) is 6.60. The summed E-state index contributed by atoms with van der Waals surface area (Å²) in [5.74, 6) is 2.47. The van der Waals surface area contributed by atoms with Gasteiger partial charge in [-0.25, -0.2) is 0 Å². The van der Waals surface area contributed by atoms with Gasteiger partial charge in [0.15, 0.2) is 0 Å². The van der Waals surface area contributed by atoms with Gasteiger partial charge < -0.3 is 5.32 Å². The predicted octanol–water partition coefficient (Wildman–Crippen LogP) is 3.58. The van der Waals surface area contributed by atoms with Crippen molar-refractivity contribution in [3.05, 3.63) is 34.9 Å². The van der Waals surface area contributed by atoms with Crippen LogP contribution < -0.4 is 5.32 Å². The van der Waals surface area contributed by atoms with E-state index in [2.05, 4.69) is 63.1 Å². The Balaban J connectivity index is 2.54. The van der Waals surface area contributed by atoms with Crippen molar-refractivity contribution < 1.29 is 0 Å². The molecule has 96 valence electrons. The van der Waals surface area contributed by atoms with Crippen LogP contribution in [0.25, 0.3) is 0 Å². The molecule has 0 aromatic heterocycles. The van der Waals surface area contributed by atoms with Crippen molar-refractivity contribution in [2.45, 2.75) is 39.7 Å². The van der Waals surface area contributed by atoms with E-state index < -0.39 is 0 Å². The monoisotopic (exact) mass is 251 g/mol. The molecule has 0 heterocycles. The molecule has 1 unspecified atom stereocenters. The van der Waals surface area contributed by atoms with E-state index in [0.717, 1.165) is 6.42 Å². The molecule has 1 nitrogen and oxygen atoms in total. The molecule has 0 spiro atoms. The maximum absolute atomic E-state index is 3.43. The highest BCUT2D eigenvalue weighted by molar-refractivity contribution is 7.99. The Labute approximate surface area is 110 Å². The zero-order valence-electron chi connectivity index (χ0n) is 11.5. The lowest BCUT2D eigenvalue weighted by Gasteiger charge is -2.16. The zero-order valence-corrected chi connectivity index (χ0v) is 12.4. The van der Waals surface area contributed by atoms with Crippen LogP contribution in [0.4, 0.5) is 0 Å². The van der Waals surface area contributed by atoms with Crippen molar-refractivity contribution in [1.82, 2.24) is 5.32 Å². The van der Waals surface area contributed by atoms with Crippen molar-refractivity contribution in [2.24, 2.45) is 0 Å². The molecule has 2 heteroatoms. The lowest BCUT2D eigenvalue weighted by Crippen LogP contribution is -2.30. The molecule has 1 N–H and O–H groups in total. The van der Waals surface area contributed by atoms with Crippen molar-refractivity contribution in [3.63, 3.8) is 0 Å². The van der Waals surface area contributed by atoms with Gasteiger partial charge in [0.2, 0.25) is 0 Å². The average molecular weight is 251 g/mol. The maximum atomic E-state index is 3.43. The summed E-state index contributed by atoms with van der Waals surface area (Å²) >= 11 is 2.05. The predicted molar refractivity (Wildman–Crippen MR) is 80.1 cm³/mol. The fraction of sp³-hybridized carbons (Fsp3) is 0.600. The first kappa shape index (κ1) is 14.6. The van der Waals surface area contributed by atoms with Crippen molar-refractivity contribution in [3.8, 4) is 0 Å². The summed E-state index contributed by atoms with van der Waals surface area (Å²) in [5, 5.41) is 3.43. The van der Waals surface area contributed by atoms with Gasteiger partial charge in [0.05, 0.1) is 0 Å². The molecule has 1 aromatic carbocycles. The van der Waals surface area contributed by atoms with E-state index in [1.807, 2.05) is 0 Å². The normalized spacial score (nSPS) is 12.7. The van der Waals surface area contributed by atoms with Crippen LogP contribution in [0.1, 0.15) is 30.0 Å². The minimum absolute atomic E-state index is 0.591. The summed E-state index contributed by atoms with van der Waals surface area (Å²) in [4.78, 5) is 0. The standard InChI is InChI=1S/C15H25NS/c1-5-6-17-11-15(16-4)10-14-8-12(2)7-13(3)9-14/h7-9,15-16H,5-6,10-11H2,1-4H3. The molecule has 0 saturated carbocycles. The highest BCUT2D eigenvalue weighted by Gasteiger charge is 2.07. The molecular weight excluding hydrogens is 226 g/mol. The van der Waals surface area contributed by atoms with E-state index in [0.29, 0.717) is 6.04 Å². The SMILES string of the molecule is CCCSCC(Cc1cc(C)cc(C)c1)NC. The molecule has 0 fully saturated rings. The zero-order chi connectivity index (χ0) is 12.7. The average Bonchev–Trinajstić information content (AvgIpc) is 2.26. The lowest BCUT2D eigenvalue weighted by atomic mass is 10.0. The fourth-order valence-corrected chi connectivity index (χ4v) is 3.11. The third kappa shape index (κ3) is 5.60. The smallest absolute Gasteiger partial charge is 0.0195 e. The first-order chi connectivity index (χ1) is 8.15. The molecule has 1 rings (SSSR count). The van der Waals surface area contributed by atoms with E-state index in [1.54, 1.807) is 0 Å². The molecule has 17 heavy (non-hydrogen) atoms. The first-order valence-electron chi connectivity index (χ1n) is 6.48. The Kier molecular flexibility index (Phi) is 6.68. The van der Waals surface area contributed by atoms with Crippen LogP contribution in [-0.2, 0) is 6.42 Å². The molecule has 0 aliphatic rings. The van der Waals surface area contributed by atoms with Gasteiger partial charge in [-0.3, -0.25) is 0 Å². The lowest BCUT2D eigenvalue weighted by molar-refractivity contribution is 0.616. The molecule has 1 aromatic rings. The number of rotatable bonds is 7. The summed E-state index contributed by atoms with van der Waals surface area (Å²) < 4.78 is 0. The number of thioether (sulfide) groups is 1. The Hall–Kier alpha value is -0.470. The summed E-state index contributed by atoms with van der Waals surface area (Å²) in [6, 6.07) is 7.45. The van der Waals surface area contributed by atoms with E-state index in [9.17, 15) is 0 Å². The Morgan fingerprint density at radius 1 is 1.18 bits per heavy atom. The highest BCUT2D eigenvalue weighted by atomic mass is 32.2. The molecular formula is C15H25NS. The molecule has 0 radical (unpaired) electrons. The second-order valence-corrected chi connectivity index (χ2v) is 5.91.